The molecule has 2 aromatic heterocycles. The lowest BCUT2D eigenvalue weighted by atomic mass is 10.0. The van der Waals surface area contributed by atoms with Crippen LogP contribution in [0.1, 0.15) is 510 Å². The summed E-state index contributed by atoms with van der Waals surface area (Å²) < 4.78 is 5.49. The summed E-state index contributed by atoms with van der Waals surface area (Å²) in [5.74, 6) is 10.2. The van der Waals surface area contributed by atoms with Gasteiger partial charge in [-0.2, -0.15) is 0 Å². The zero-order valence-electron chi connectivity index (χ0n) is 94.7. The summed E-state index contributed by atoms with van der Waals surface area (Å²) >= 11 is 0. The lowest BCUT2D eigenvalue weighted by Gasteiger charge is -2.24. The van der Waals surface area contributed by atoms with Gasteiger partial charge in [-0.3, -0.25) is 0 Å². The third-order valence-electron chi connectivity index (χ3n) is 18.6. The second-order valence-corrected chi connectivity index (χ2v) is 72.5. The Morgan fingerprint density at radius 1 is 0.252 bits per heavy atom. The molecule has 2 aromatic rings. The van der Waals surface area contributed by atoms with Crippen molar-refractivity contribution in [2.75, 3.05) is 11.5 Å². The van der Waals surface area contributed by atoms with Crippen LogP contribution >= 0.6 is 194 Å². The molecule has 0 aliphatic rings. The van der Waals surface area contributed by atoms with E-state index in [2.05, 4.69) is 390 Å². The molecular formula is C107H226N6S18. The lowest BCUT2D eigenvalue weighted by Crippen LogP contribution is -2.13. The van der Waals surface area contributed by atoms with Crippen molar-refractivity contribution >= 4 is 194 Å². The van der Waals surface area contributed by atoms with Crippen LogP contribution in [0, 0.1) is 53.3 Å². The Kier molecular flexibility index (Phi) is 114. The molecule has 0 aromatic carbocycles. The molecular weight excluding hydrogens is 1950 g/mol. The molecule has 0 saturated heterocycles. The minimum atomic E-state index is 0.448. The topological polar surface area (TPSA) is 61.4 Å². The van der Waals surface area contributed by atoms with Crippen molar-refractivity contribution in [3.8, 4) is 0 Å². The molecule has 0 bridgehead atoms. The maximum Gasteiger partial charge on any atom is 0.219 e. The van der Waals surface area contributed by atoms with Crippen molar-refractivity contribution in [1.82, 2.24) is 29.8 Å². The summed E-state index contributed by atoms with van der Waals surface area (Å²) in [5, 5.41) is 21.9. The van der Waals surface area contributed by atoms with Crippen LogP contribution in [-0.2, 0) is 13.1 Å². The van der Waals surface area contributed by atoms with Crippen LogP contribution in [0.3, 0.4) is 0 Å². The Morgan fingerprint density at radius 3 is 0.855 bits per heavy atom. The molecule has 0 amide bonds. The van der Waals surface area contributed by atoms with Gasteiger partial charge in [0.1, 0.15) is 0 Å². The summed E-state index contributed by atoms with van der Waals surface area (Å²) in [6, 6.07) is 0. The Morgan fingerprint density at radius 2 is 0.511 bits per heavy atom. The zero-order valence-corrected chi connectivity index (χ0v) is 109. The number of tetrazole rings is 1. The quantitative estimate of drug-likeness (QED) is 0.0466. The smallest absolute Gasteiger partial charge is 0.219 e. The third-order valence-corrected chi connectivity index (χ3v) is 49.3. The van der Waals surface area contributed by atoms with Crippen molar-refractivity contribution in [1.29, 1.82) is 0 Å². The normalized spacial score (nSPS) is 12.5. The highest BCUT2D eigenvalue weighted by Crippen LogP contribution is 2.45. The van der Waals surface area contributed by atoms with Crippen molar-refractivity contribution < 1.29 is 0 Å². The number of hydrogen-bond acceptors (Lipinski definition) is 22. The molecule has 6 nitrogen and oxygen atoms in total. The van der Waals surface area contributed by atoms with Gasteiger partial charge in [-0.05, 0) is 185 Å². The van der Waals surface area contributed by atoms with E-state index in [0.29, 0.717) is 30.7 Å². The van der Waals surface area contributed by atoms with Gasteiger partial charge in [-0.15, -0.1) is 5.10 Å². The minimum Gasteiger partial charge on any atom is -0.325 e. The molecule has 0 aliphatic heterocycles. The first-order valence-electron chi connectivity index (χ1n) is 52.7. The highest BCUT2D eigenvalue weighted by molar-refractivity contribution is 8.79. The fraction of sp³-hybridized carbons (Fsp3) is 0.963. The molecule has 2 unspecified atom stereocenters. The summed E-state index contributed by atoms with van der Waals surface area (Å²) in [5.41, 5.74) is 0. The Hall–Kier alpha value is 4.58. The average Bonchev–Trinajstić information content (AvgIpc) is 1.75. The Balaban J connectivity index is -0.000000264. The maximum absolute atomic E-state index is 4.37. The van der Waals surface area contributed by atoms with Gasteiger partial charge in [0.25, 0.3) is 0 Å². The largest absolute Gasteiger partial charge is 0.325 e. The number of unbranched alkanes of at least 4 members (excludes halogenated alkanes) is 11. The molecule has 2 heterocycles. The van der Waals surface area contributed by atoms with Crippen molar-refractivity contribution in [2.45, 2.75) is 606 Å². The molecule has 0 spiro atoms. The van der Waals surface area contributed by atoms with Gasteiger partial charge in [-0.25, -0.2) is 9.67 Å². The van der Waals surface area contributed by atoms with Gasteiger partial charge in [0.15, 0.2) is 5.16 Å². The Labute approximate surface area is 897 Å². The maximum atomic E-state index is 4.37. The fourth-order valence-electron chi connectivity index (χ4n) is 11.1. The van der Waals surface area contributed by atoms with Crippen LogP contribution in [0.4, 0.5) is 0 Å². The van der Waals surface area contributed by atoms with E-state index in [0.717, 1.165) is 124 Å². The standard InChI is InChI=1S/C14H30S2.2C13H28S2.3C12H26S2.C11H20N2S2.C11H24S2.C9H18N4S2/c1-12(2)10-8-7-9-11-14(5,6)16-15-13(3)4;1-11(2)9-7-8-10-13(5,6)15-14-12(3)4;1-11(2)9-7-6-8-10-13(5)15-14-12(3)4;1-10(2)8-7-9-12(5,6)14-13-11(3)4;1-10(2)8-6-7-9-12(5)14-13-11(3)4;1-11(2)9-7-5-6-8-10-13-14-12(3)4;1-9(2)5-7-13-8-6-12-11(13)15-14-10(3)4;1-10(2)8-6-5-7-9-12-13-11(3)4;1-7(2)5-6-13-9(10-11-12-13)15-14-8(3)4/h12-13H,7-11H2,1-6H3;11-12H,7-10H2,1-6H3;11-13H,6-10H2,1-5H3;10-11H,7-9H2,1-6H3;10-12H,6-9H2,1-5H3;11-12H,5-10H2,1-4H3;6,8-10H,5,7H2,1-4H3;10-11H,5-9H2,1-4H3;7-8H,5-6H2,1-4H3. The van der Waals surface area contributed by atoms with Crippen molar-refractivity contribution in [2.24, 2.45) is 53.3 Å². The second kappa shape index (κ2) is 100. The Bertz CT molecular complexity index is 2420. The van der Waals surface area contributed by atoms with E-state index in [4.69, 9.17) is 0 Å². The van der Waals surface area contributed by atoms with Gasteiger partial charge < -0.3 is 4.57 Å². The monoisotopic (exact) mass is 2170 g/mol. The first-order chi connectivity index (χ1) is 61.0. The lowest BCUT2D eigenvalue weighted by molar-refractivity contribution is 0.457. The van der Waals surface area contributed by atoms with Crippen LogP contribution < -0.4 is 0 Å². The summed E-state index contributed by atoms with van der Waals surface area (Å²) in [6.07, 6.45) is 48.3. The number of rotatable bonds is 70. The van der Waals surface area contributed by atoms with Gasteiger partial charge >= 0.3 is 0 Å². The van der Waals surface area contributed by atoms with Crippen molar-refractivity contribution in [3.05, 3.63) is 12.4 Å². The van der Waals surface area contributed by atoms with E-state index in [1.165, 1.54) is 211 Å². The fourth-order valence-corrected chi connectivity index (χ4v) is 30.3. The molecule has 0 aliphatic carbocycles. The van der Waals surface area contributed by atoms with E-state index in [1.54, 1.807) is 32.4 Å². The molecule has 24 heteroatoms. The van der Waals surface area contributed by atoms with Crippen LogP contribution in [-0.4, -0.2) is 113 Å². The highest BCUT2D eigenvalue weighted by atomic mass is 33.1. The van der Waals surface area contributed by atoms with E-state index < -0.39 is 0 Å². The second-order valence-electron chi connectivity index (χ2n) is 43.9. The first-order valence-corrected chi connectivity index (χ1v) is 73.0. The first kappa shape index (κ1) is 149. The van der Waals surface area contributed by atoms with Crippen LogP contribution in [0.25, 0.3) is 0 Å². The van der Waals surface area contributed by atoms with Gasteiger partial charge in [0.05, 0.1) is 0 Å². The number of imidazole rings is 1. The third kappa shape index (κ3) is 135. The van der Waals surface area contributed by atoms with E-state index in [1.807, 2.05) is 119 Å². The molecule has 0 radical (unpaired) electrons. The average molecular weight is 2170 g/mol. The molecule has 2 rings (SSSR count). The molecule has 0 fully saturated rings. The van der Waals surface area contributed by atoms with Gasteiger partial charge in [-0.1, -0.05) is 583 Å². The highest BCUT2D eigenvalue weighted by Gasteiger charge is 2.23. The molecule has 131 heavy (non-hydrogen) atoms. The predicted molar refractivity (Wildman–Crippen MR) is 662 cm³/mol. The van der Waals surface area contributed by atoms with E-state index >= 15 is 0 Å². The van der Waals surface area contributed by atoms with E-state index in [-0.39, 0.29) is 0 Å². The zero-order chi connectivity index (χ0) is 102. The van der Waals surface area contributed by atoms with Gasteiger partial charge in [0.2, 0.25) is 5.16 Å². The van der Waals surface area contributed by atoms with Crippen LogP contribution in [0.2, 0.25) is 0 Å². The molecule has 2 atom stereocenters. The molecule has 0 saturated carbocycles. The molecule has 0 N–H and O–H groups in total. The molecule has 792 valence electrons. The van der Waals surface area contributed by atoms with Crippen LogP contribution in [0.15, 0.2) is 22.7 Å². The number of aryl methyl sites for hydroxylation is 2. The number of aromatic nitrogens is 6. The number of hydrogen-bond donors (Lipinski definition) is 0. The van der Waals surface area contributed by atoms with Crippen molar-refractivity contribution in [3.63, 3.8) is 0 Å². The summed E-state index contributed by atoms with van der Waals surface area (Å²) in [4.78, 5) is 4.37. The predicted octanol–water partition coefficient (Wildman–Crippen LogP) is 45.8. The summed E-state index contributed by atoms with van der Waals surface area (Å²) in [6.45, 7) is 103. The SMILES string of the molecule is CC(C)CCCC(C)(C)SSC(C)C.CC(C)CCCCC(C)(C)SSC(C)C.CC(C)CCCCC(C)SSC(C)C.CC(C)CCCCCC(C)(C)SSC(C)C.CC(C)CCCCCC(C)SSC(C)C.CC(C)CCCCCCSSC(C)C.CC(C)CCCCCSSC(C)C.CC(C)CCn1ccnc1SSC(C)C.CC(C)CCn1nnnc1SSC(C)C. The summed E-state index contributed by atoms with van der Waals surface area (Å²) in [7, 11) is 35.6. The minimum absolute atomic E-state index is 0.448. The van der Waals surface area contributed by atoms with Crippen LogP contribution in [0.5, 0.6) is 0 Å². The number of nitrogens with zero attached hydrogens (tertiary/aromatic N) is 6. The van der Waals surface area contributed by atoms with E-state index in [9.17, 15) is 0 Å². The van der Waals surface area contributed by atoms with Gasteiger partial charge in [0, 0.05) is 109 Å².